The topological polar surface area (TPSA) is 64.5 Å². The van der Waals surface area contributed by atoms with Crippen LogP contribution in [0.2, 0.25) is 0 Å². The van der Waals surface area contributed by atoms with Gasteiger partial charge in [-0.1, -0.05) is 11.6 Å². The number of likely N-dealkylation sites (tertiary alicyclic amines) is 1. The summed E-state index contributed by atoms with van der Waals surface area (Å²) < 4.78 is 5.35. The van der Waals surface area contributed by atoms with Crippen LogP contribution in [-0.2, 0) is 4.74 Å². The quantitative estimate of drug-likeness (QED) is 0.390. The van der Waals surface area contributed by atoms with Gasteiger partial charge < -0.3 is 16.2 Å². The molecule has 0 aromatic rings. The van der Waals surface area contributed by atoms with Crippen LogP contribution in [-0.4, -0.2) is 31.1 Å². The number of nitrogens with two attached hydrogens (primary N) is 2. The Morgan fingerprint density at radius 1 is 1.46 bits per heavy atom. The van der Waals surface area contributed by atoms with E-state index in [0.717, 1.165) is 13.1 Å². The zero-order valence-electron chi connectivity index (χ0n) is 7.53. The minimum Gasteiger partial charge on any atom is -0.473 e. The maximum Gasteiger partial charge on any atom is 0.184 e. The number of nitrogens with zero attached hydrogens (tertiary/aromatic N) is 1. The molecule has 74 valence electrons. The van der Waals surface area contributed by atoms with Crippen LogP contribution in [0, 0.1) is 0 Å². The van der Waals surface area contributed by atoms with Gasteiger partial charge in [-0.25, -0.2) is 0 Å². The molecule has 4 N–H and O–H groups in total. The monoisotopic (exact) mass is 203 g/mol. The van der Waals surface area contributed by atoms with E-state index in [9.17, 15) is 0 Å². The standard InChI is InChI=1S/C8H14ClN3O/c1-12-4-6(5-12)13-8(11)3-2-7(9)10/h2-3,6H,4-5,10-11H2,1H3/b7-2-,8-3+. The third kappa shape index (κ3) is 3.57. The summed E-state index contributed by atoms with van der Waals surface area (Å²) in [6, 6.07) is 0. The Balaban J connectivity index is 2.29. The lowest BCUT2D eigenvalue weighted by Crippen LogP contribution is -2.49. The summed E-state index contributed by atoms with van der Waals surface area (Å²) in [7, 11) is 2.02. The van der Waals surface area contributed by atoms with Crippen molar-refractivity contribution in [3.05, 3.63) is 23.2 Å². The first-order valence-corrected chi connectivity index (χ1v) is 4.39. The van der Waals surface area contributed by atoms with Gasteiger partial charge in [0.2, 0.25) is 0 Å². The van der Waals surface area contributed by atoms with E-state index in [4.69, 9.17) is 27.8 Å². The van der Waals surface area contributed by atoms with Crippen LogP contribution in [0.5, 0.6) is 0 Å². The van der Waals surface area contributed by atoms with Crippen LogP contribution in [0.25, 0.3) is 0 Å². The second kappa shape index (κ2) is 4.39. The predicted octanol–water partition coefficient (Wildman–Crippen LogP) is 0.156. The van der Waals surface area contributed by atoms with Gasteiger partial charge in [-0.2, -0.15) is 0 Å². The predicted molar refractivity (Wildman–Crippen MR) is 52.8 cm³/mol. The van der Waals surface area contributed by atoms with Crippen LogP contribution in [0.3, 0.4) is 0 Å². The molecule has 1 aliphatic heterocycles. The Kier molecular flexibility index (Phi) is 3.45. The molecule has 0 aromatic heterocycles. The van der Waals surface area contributed by atoms with E-state index in [1.54, 1.807) is 6.08 Å². The molecule has 0 saturated carbocycles. The third-order valence-electron chi connectivity index (χ3n) is 1.74. The number of hydrogen-bond donors (Lipinski definition) is 2. The number of halogens is 1. The summed E-state index contributed by atoms with van der Waals surface area (Å²) in [6.45, 7) is 1.82. The molecule has 4 nitrogen and oxygen atoms in total. The van der Waals surface area contributed by atoms with E-state index in [2.05, 4.69) is 4.90 Å². The molecule has 0 bridgehead atoms. The molecular formula is C8H14ClN3O. The highest BCUT2D eigenvalue weighted by Gasteiger charge is 2.24. The third-order valence-corrected chi connectivity index (χ3v) is 1.87. The van der Waals surface area contributed by atoms with Gasteiger partial charge >= 0.3 is 0 Å². The number of rotatable bonds is 3. The van der Waals surface area contributed by atoms with Gasteiger partial charge in [0.15, 0.2) is 5.88 Å². The van der Waals surface area contributed by atoms with E-state index in [1.165, 1.54) is 6.08 Å². The summed E-state index contributed by atoms with van der Waals surface area (Å²) in [4.78, 5) is 2.14. The maximum atomic E-state index is 5.54. The van der Waals surface area contributed by atoms with Crippen molar-refractivity contribution < 1.29 is 4.74 Å². The molecule has 13 heavy (non-hydrogen) atoms. The van der Waals surface area contributed by atoms with Gasteiger partial charge in [0, 0.05) is 19.2 Å². The Hall–Kier alpha value is -0.870. The molecule has 0 spiro atoms. The Bertz CT molecular complexity index is 230. The lowest BCUT2D eigenvalue weighted by Gasteiger charge is -2.35. The molecule has 1 rings (SSSR count). The van der Waals surface area contributed by atoms with Crippen molar-refractivity contribution in [2.45, 2.75) is 6.10 Å². The molecule has 0 radical (unpaired) electrons. The fraction of sp³-hybridized carbons (Fsp3) is 0.500. The largest absolute Gasteiger partial charge is 0.473 e. The van der Waals surface area contributed by atoms with Gasteiger partial charge in [0.05, 0.1) is 5.16 Å². The van der Waals surface area contributed by atoms with Gasteiger partial charge in [-0.15, -0.1) is 0 Å². The summed E-state index contributed by atoms with van der Waals surface area (Å²) in [5.41, 5.74) is 10.7. The van der Waals surface area contributed by atoms with Crippen molar-refractivity contribution in [2.75, 3.05) is 20.1 Å². The molecule has 0 aromatic carbocycles. The van der Waals surface area contributed by atoms with Gasteiger partial charge in [-0.05, 0) is 13.1 Å². The number of allylic oxidation sites excluding steroid dienone is 2. The minimum absolute atomic E-state index is 0.192. The molecule has 1 saturated heterocycles. The van der Waals surface area contributed by atoms with Gasteiger partial charge in [0.25, 0.3) is 0 Å². The normalized spacial score (nSPS) is 21.4. The molecule has 1 aliphatic rings. The second-order valence-electron chi connectivity index (χ2n) is 3.08. The SMILES string of the molecule is CN1CC(O/C(N)=C/C=C(\N)Cl)C1. The van der Waals surface area contributed by atoms with E-state index < -0.39 is 0 Å². The van der Waals surface area contributed by atoms with Gasteiger partial charge in [0.1, 0.15) is 6.10 Å². The first-order chi connectivity index (χ1) is 6.08. The zero-order valence-corrected chi connectivity index (χ0v) is 8.29. The zero-order chi connectivity index (χ0) is 9.84. The van der Waals surface area contributed by atoms with E-state index in [-0.39, 0.29) is 11.3 Å². The fourth-order valence-electron chi connectivity index (χ4n) is 1.11. The van der Waals surface area contributed by atoms with Crippen LogP contribution in [0.4, 0.5) is 0 Å². The number of ether oxygens (including phenoxy) is 1. The highest BCUT2D eigenvalue weighted by Crippen LogP contribution is 2.10. The fourth-order valence-corrected chi connectivity index (χ4v) is 1.17. The van der Waals surface area contributed by atoms with Crippen LogP contribution < -0.4 is 11.5 Å². The van der Waals surface area contributed by atoms with Gasteiger partial charge in [-0.3, -0.25) is 4.90 Å². The lowest BCUT2D eigenvalue weighted by molar-refractivity contribution is -0.00810. The second-order valence-corrected chi connectivity index (χ2v) is 3.52. The molecule has 5 heteroatoms. The summed E-state index contributed by atoms with van der Waals surface area (Å²) in [6.07, 6.45) is 3.26. The van der Waals surface area contributed by atoms with Crippen LogP contribution in [0.15, 0.2) is 23.2 Å². The van der Waals surface area contributed by atoms with E-state index in [1.807, 2.05) is 7.05 Å². The molecule has 0 atom stereocenters. The van der Waals surface area contributed by atoms with Crippen molar-refractivity contribution >= 4 is 11.6 Å². The first-order valence-electron chi connectivity index (χ1n) is 4.01. The Morgan fingerprint density at radius 3 is 2.54 bits per heavy atom. The van der Waals surface area contributed by atoms with Crippen molar-refractivity contribution in [1.82, 2.24) is 4.90 Å². The lowest BCUT2D eigenvalue weighted by atomic mass is 10.2. The molecule has 1 fully saturated rings. The van der Waals surface area contributed by atoms with Crippen molar-refractivity contribution in [3.63, 3.8) is 0 Å². The molecule has 1 heterocycles. The molecule has 0 unspecified atom stereocenters. The highest BCUT2D eigenvalue weighted by atomic mass is 35.5. The summed E-state index contributed by atoms with van der Waals surface area (Å²) in [5.74, 6) is 0.349. The van der Waals surface area contributed by atoms with Crippen molar-refractivity contribution in [1.29, 1.82) is 0 Å². The molecule has 0 aliphatic carbocycles. The highest BCUT2D eigenvalue weighted by molar-refractivity contribution is 6.29. The minimum atomic E-state index is 0.192. The Morgan fingerprint density at radius 2 is 2.08 bits per heavy atom. The van der Waals surface area contributed by atoms with Crippen molar-refractivity contribution in [3.8, 4) is 0 Å². The summed E-state index contributed by atoms with van der Waals surface area (Å²) >= 11 is 5.40. The van der Waals surface area contributed by atoms with E-state index in [0.29, 0.717) is 5.88 Å². The smallest absolute Gasteiger partial charge is 0.184 e. The average Bonchev–Trinajstić information content (AvgIpc) is 1.98. The number of likely N-dealkylation sites (N-methyl/N-ethyl adjacent to an activating group) is 1. The summed E-state index contributed by atoms with van der Waals surface area (Å²) in [5, 5.41) is 0.192. The van der Waals surface area contributed by atoms with Crippen LogP contribution in [0.1, 0.15) is 0 Å². The molecular weight excluding hydrogens is 190 g/mol. The maximum absolute atomic E-state index is 5.54. The number of hydrogen-bond acceptors (Lipinski definition) is 4. The van der Waals surface area contributed by atoms with E-state index >= 15 is 0 Å². The Labute approximate surface area is 82.8 Å². The first kappa shape index (κ1) is 10.2. The molecule has 0 amide bonds. The van der Waals surface area contributed by atoms with Crippen molar-refractivity contribution in [2.24, 2.45) is 11.5 Å². The van der Waals surface area contributed by atoms with Crippen LogP contribution >= 0.6 is 11.6 Å². The average molecular weight is 204 g/mol.